The van der Waals surface area contributed by atoms with Crippen molar-refractivity contribution >= 4 is 16.8 Å². The van der Waals surface area contributed by atoms with Gasteiger partial charge in [0.25, 0.3) is 5.56 Å². The molecule has 128 valence electrons. The molecule has 2 aromatic rings. The fourth-order valence-corrected chi connectivity index (χ4v) is 3.14. The van der Waals surface area contributed by atoms with Crippen LogP contribution in [-0.4, -0.2) is 65.1 Å². The Balaban J connectivity index is 1.59. The summed E-state index contributed by atoms with van der Waals surface area (Å²) >= 11 is 0. The van der Waals surface area contributed by atoms with Crippen molar-refractivity contribution in [3.05, 3.63) is 46.2 Å². The Kier molecular flexibility index (Phi) is 5.27. The molecule has 0 atom stereocenters. The third-order valence-corrected chi connectivity index (χ3v) is 4.58. The Morgan fingerprint density at radius 1 is 1.17 bits per heavy atom. The maximum Gasteiger partial charge on any atom is 0.251 e. The summed E-state index contributed by atoms with van der Waals surface area (Å²) in [6.07, 6.45) is 0.803. The smallest absolute Gasteiger partial charge is 0.251 e. The third-order valence-electron chi connectivity index (χ3n) is 4.58. The fraction of sp³-hybridized carbons (Fsp3) is 0.444. The molecular formula is C18H23N3O3. The van der Waals surface area contributed by atoms with Gasteiger partial charge in [0.1, 0.15) is 0 Å². The van der Waals surface area contributed by atoms with Crippen molar-refractivity contribution in [1.29, 1.82) is 0 Å². The van der Waals surface area contributed by atoms with E-state index in [2.05, 4.69) is 9.88 Å². The highest BCUT2D eigenvalue weighted by atomic mass is 16.3. The first kappa shape index (κ1) is 16.7. The van der Waals surface area contributed by atoms with Crippen LogP contribution in [0.25, 0.3) is 10.9 Å². The number of aryl methyl sites for hydroxylation is 1. The number of H-pyrrole nitrogens is 1. The van der Waals surface area contributed by atoms with Gasteiger partial charge in [-0.15, -0.1) is 0 Å². The molecule has 0 unspecified atom stereocenters. The SMILES string of the molecule is O=C(CCc1cc2ccccc2[nH]c1=O)N1CCN(CCO)CC1. The zero-order valence-electron chi connectivity index (χ0n) is 13.7. The average molecular weight is 329 g/mol. The van der Waals surface area contributed by atoms with Crippen molar-refractivity contribution < 1.29 is 9.90 Å². The van der Waals surface area contributed by atoms with E-state index in [1.807, 2.05) is 35.2 Å². The molecule has 2 heterocycles. The maximum absolute atomic E-state index is 12.4. The Morgan fingerprint density at radius 3 is 2.67 bits per heavy atom. The molecule has 1 aliphatic heterocycles. The summed E-state index contributed by atoms with van der Waals surface area (Å²) in [5.41, 5.74) is 1.35. The molecule has 0 radical (unpaired) electrons. The lowest BCUT2D eigenvalue weighted by Crippen LogP contribution is -2.49. The first-order valence-electron chi connectivity index (χ1n) is 8.39. The summed E-state index contributed by atoms with van der Waals surface area (Å²) in [7, 11) is 0. The molecule has 0 bridgehead atoms. The highest BCUT2D eigenvalue weighted by Gasteiger charge is 2.20. The molecule has 0 spiro atoms. The van der Waals surface area contributed by atoms with Gasteiger partial charge in [0.2, 0.25) is 5.91 Å². The second-order valence-electron chi connectivity index (χ2n) is 6.16. The van der Waals surface area contributed by atoms with Crippen LogP contribution in [0.4, 0.5) is 0 Å². The number of aliphatic hydroxyl groups is 1. The van der Waals surface area contributed by atoms with E-state index in [1.165, 1.54) is 0 Å². The molecule has 0 saturated carbocycles. The van der Waals surface area contributed by atoms with Crippen LogP contribution in [0.2, 0.25) is 0 Å². The molecule has 1 amide bonds. The monoisotopic (exact) mass is 329 g/mol. The first-order chi connectivity index (χ1) is 11.7. The summed E-state index contributed by atoms with van der Waals surface area (Å²) in [6, 6.07) is 9.52. The topological polar surface area (TPSA) is 76.6 Å². The average Bonchev–Trinajstić information content (AvgIpc) is 2.60. The standard InChI is InChI=1S/C18H23N3O3/c22-12-11-20-7-9-21(10-8-20)17(23)6-5-15-13-14-3-1-2-4-16(14)19-18(15)24/h1-4,13,22H,5-12H2,(H,19,24). The van der Waals surface area contributed by atoms with Gasteiger partial charge in [-0.05, 0) is 23.9 Å². The van der Waals surface area contributed by atoms with Gasteiger partial charge >= 0.3 is 0 Å². The third kappa shape index (κ3) is 3.83. The number of pyridine rings is 1. The lowest BCUT2D eigenvalue weighted by Gasteiger charge is -2.34. The molecule has 24 heavy (non-hydrogen) atoms. The van der Waals surface area contributed by atoms with E-state index >= 15 is 0 Å². The Bertz CT molecular complexity index is 763. The number of hydrogen-bond donors (Lipinski definition) is 2. The van der Waals surface area contributed by atoms with Crippen LogP contribution >= 0.6 is 0 Å². The number of hydrogen-bond acceptors (Lipinski definition) is 4. The molecule has 1 aliphatic rings. The van der Waals surface area contributed by atoms with Crippen LogP contribution in [-0.2, 0) is 11.2 Å². The van der Waals surface area contributed by atoms with E-state index in [-0.39, 0.29) is 18.1 Å². The van der Waals surface area contributed by atoms with Crippen molar-refractivity contribution in [3.8, 4) is 0 Å². The number of aromatic nitrogens is 1. The number of para-hydroxylation sites is 1. The number of benzene rings is 1. The number of nitrogens with one attached hydrogen (secondary N) is 1. The fourth-order valence-electron chi connectivity index (χ4n) is 3.14. The van der Waals surface area contributed by atoms with E-state index in [1.54, 1.807) is 0 Å². The summed E-state index contributed by atoms with van der Waals surface area (Å²) in [5.74, 6) is 0.0891. The number of piperazine rings is 1. The first-order valence-corrected chi connectivity index (χ1v) is 8.39. The number of β-amino-alcohol motifs (C(OH)–C–C–N with tert-alkyl or cyclic N) is 1. The number of carbonyl (C=O) groups is 1. The lowest BCUT2D eigenvalue weighted by atomic mass is 10.1. The van der Waals surface area contributed by atoms with Crippen LogP contribution in [0.15, 0.2) is 35.1 Å². The number of amides is 1. The normalized spacial score (nSPS) is 15.8. The Hall–Kier alpha value is -2.18. The molecule has 1 aromatic carbocycles. The predicted molar refractivity (Wildman–Crippen MR) is 93.0 cm³/mol. The zero-order chi connectivity index (χ0) is 16.9. The van der Waals surface area contributed by atoms with Crippen LogP contribution < -0.4 is 5.56 Å². The van der Waals surface area contributed by atoms with E-state index in [4.69, 9.17) is 5.11 Å². The molecule has 1 fully saturated rings. The van der Waals surface area contributed by atoms with Crippen molar-refractivity contribution in [1.82, 2.24) is 14.8 Å². The molecule has 1 saturated heterocycles. The molecule has 6 nitrogen and oxygen atoms in total. The zero-order valence-corrected chi connectivity index (χ0v) is 13.7. The highest BCUT2D eigenvalue weighted by molar-refractivity contribution is 5.79. The lowest BCUT2D eigenvalue weighted by molar-refractivity contribution is -0.132. The predicted octanol–water partition coefficient (Wildman–Crippen LogP) is 0.597. The number of aromatic amines is 1. The van der Waals surface area contributed by atoms with Gasteiger partial charge in [0, 0.05) is 50.2 Å². The largest absolute Gasteiger partial charge is 0.395 e. The van der Waals surface area contributed by atoms with E-state index in [0.29, 0.717) is 38.0 Å². The van der Waals surface area contributed by atoms with Crippen LogP contribution in [0.5, 0.6) is 0 Å². The van der Waals surface area contributed by atoms with Gasteiger partial charge in [-0.2, -0.15) is 0 Å². The van der Waals surface area contributed by atoms with Gasteiger partial charge in [-0.25, -0.2) is 0 Å². The number of rotatable bonds is 5. The van der Waals surface area contributed by atoms with Gasteiger partial charge in [-0.3, -0.25) is 14.5 Å². The number of aliphatic hydroxyl groups excluding tert-OH is 1. The van der Waals surface area contributed by atoms with Gasteiger partial charge < -0.3 is 15.0 Å². The van der Waals surface area contributed by atoms with E-state index in [9.17, 15) is 9.59 Å². The van der Waals surface area contributed by atoms with Crippen molar-refractivity contribution in [3.63, 3.8) is 0 Å². The van der Waals surface area contributed by atoms with Crippen LogP contribution in [0.1, 0.15) is 12.0 Å². The molecule has 1 aromatic heterocycles. The van der Waals surface area contributed by atoms with Crippen LogP contribution in [0, 0.1) is 0 Å². The minimum absolute atomic E-state index is 0.0891. The number of nitrogens with zero attached hydrogens (tertiary/aromatic N) is 2. The molecule has 6 heteroatoms. The Labute approximate surface area is 140 Å². The highest BCUT2D eigenvalue weighted by Crippen LogP contribution is 2.12. The molecule has 2 N–H and O–H groups in total. The van der Waals surface area contributed by atoms with Gasteiger partial charge in [-0.1, -0.05) is 18.2 Å². The summed E-state index contributed by atoms with van der Waals surface area (Å²) in [5, 5.41) is 9.93. The quantitative estimate of drug-likeness (QED) is 0.842. The summed E-state index contributed by atoms with van der Waals surface area (Å²) in [6.45, 7) is 3.78. The summed E-state index contributed by atoms with van der Waals surface area (Å²) < 4.78 is 0. The van der Waals surface area contributed by atoms with Gasteiger partial charge in [0.15, 0.2) is 0 Å². The minimum atomic E-state index is -0.116. The molecule has 0 aliphatic carbocycles. The second kappa shape index (κ2) is 7.59. The van der Waals surface area contributed by atoms with E-state index < -0.39 is 0 Å². The minimum Gasteiger partial charge on any atom is -0.395 e. The number of carbonyl (C=O) groups excluding carboxylic acids is 1. The van der Waals surface area contributed by atoms with Crippen LogP contribution in [0.3, 0.4) is 0 Å². The maximum atomic E-state index is 12.4. The van der Waals surface area contributed by atoms with E-state index in [0.717, 1.165) is 24.0 Å². The van der Waals surface area contributed by atoms with Crippen molar-refractivity contribution in [2.24, 2.45) is 0 Å². The molecular weight excluding hydrogens is 306 g/mol. The van der Waals surface area contributed by atoms with Crippen molar-refractivity contribution in [2.75, 3.05) is 39.3 Å². The second-order valence-corrected chi connectivity index (χ2v) is 6.16. The summed E-state index contributed by atoms with van der Waals surface area (Å²) in [4.78, 5) is 31.4. The van der Waals surface area contributed by atoms with Gasteiger partial charge in [0.05, 0.1) is 6.61 Å². The molecule has 3 rings (SSSR count). The number of fused-ring (bicyclic) bond motifs is 1. The Morgan fingerprint density at radius 2 is 1.92 bits per heavy atom. The van der Waals surface area contributed by atoms with Crippen molar-refractivity contribution in [2.45, 2.75) is 12.8 Å².